The monoisotopic (exact) mass is 217 g/mol. The summed E-state index contributed by atoms with van der Waals surface area (Å²) >= 11 is 0. The molecule has 0 aromatic carbocycles. The lowest BCUT2D eigenvalue weighted by Gasteiger charge is -2.38. The molecule has 1 saturated heterocycles. The van der Waals surface area contributed by atoms with Crippen LogP contribution in [0.2, 0.25) is 6.04 Å². The van der Waals surface area contributed by atoms with E-state index in [1.54, 1.807) is 0 Å². The van der Waals surface area contributed by atoms with Gasteiger partial charge in [-0.3, -0.25) is 0 Å². The van der Waals surface area contributed by atoms with Crippen molar-refractivity contribution in [2.75, 3.05) is 13.1 Å². The van der Waals surface area contributed by atoms with Crippen molar-refractivity contribution in [3.05, 3.63) is 0 Å². The normalized spacial score (nSPS) is 29.8. The van der Waals surface area contributed by atoms with Crippen molar-refractivity contribution in [3.8, 4) is 0 Å². The molecule has 1 aliphatic heterocycles. The lowest BCUT2D eigenvalue weighted by molar-refractivity contribution is 0.108. The van der Waals surface area contributed by atoms with Crippen LogP contribution in [0.5, 0.6) is 0 Å². The Morgan fingerprint density at radius 1 is 1.38 bits per heavy atom. The molecule has 1 rings (SSSR count). The van der Waals surface area contributed by atoms with Crippen molar-refractivity contribution in [3.63, 3.8) is 0 Å². The summed E-state index contributed by atoms with van der Waals surface area (Å²) in [4.78, 5) is 0. The molecule has 13 heavy (non-hydrogen) atoms. The van der Waals surface area contributed by atoms with E-state index in [-0.39, 0.29) is 14.9 Å². The third kappa shape index (κ3) is 3.20. The zero-order valence-corrected chi connectivity index (χ0v) is 12.0. The summed E-state index contributed by atoms with van der Waals surface area (Å²) in [6.07, 6.45) is 1.29. The molecule has 78 valence electrons. The second-order valence-electron chi connectivity index (χ2n) is 4.48. The lowest BCUT2D eigenvalue weighted by Crippen LogP contribution is -2.51. The summed E-state index contributed by atoms with van der Waals surface area (Å²) in [7, 11) is -0.760. The summed E-state index contributed by atoms with van der Waals surface area (Å²) < 4.78 is 8.72. The molecule has 4 heteroatoms. The fourth-order valence-corrected chi connectivity index (χ4v) is 10.8. The number of hydrogen-bond donors (Lipinski definition) is 0. The van der Waals surface area contributed by atoms with Gasteiger partial charge in [-0.05, 0) is 39.4 Å². The maximum Gasteiger partial charge on any atom is 0.165 e. The van der Waals surface area contributed by atoms with Gasteiger partial charge in [0.25, 0.3) is 0 Å². The van der Waals surface area contributed by atoms with E-state index < -0.39 is 8.48 Å². The highest BCUT2D eigenvalue weighted by atomic mass is 29.2. The first-order chi connectivity index (χ1) is 6.09. The van der Waals surface area contributed by atoms with Crippen molar-refractivity contribution in [2.45, 2.75) is 45.8 Å². The zero-order chi connectivity index (χ0) is 9.90. The van der Waals surface area contributed by atoms with E-state index in [4.69, 9.17) is 4.43 Å². The molecule has 0 N–H and O–H groups in total. The van der Waals surface area contributed by atoms with Crippen LogP contribution < -0.4 is 0 Å². The predicted molar refractivity (Wildman–Crippen MR) is 63.2 cm³/mol. The van der Waals surface area contributed by atoms with Gasteiger partial charge in [0.1, 0.15) is 8.48 Å². The summed E-state index contributed by atoms with van der Waals surface area (Å²) in [5, 5.41) is 0. The first-order valence-corrected chi connectivity index (χ1v) is 10.6. The van der Waals surface area contributed by atoms with Crippen LogP contribution in [0.3, 0.4) is 0 Å². The van der Waals surface area contributed by atoms with Gasteiger partial charge in [-0.1, -0.05) is 13.8 Å². The average molecular weight is 217 g/mol. The highest BCUT2D eigenvalue weighted by Gasteiger charge is 2.31. The van der Waals surface area contributed by atoms with Crippen LogP contribution in [0.4, 0.5) is 0 Å². The fourth-order valence-electron chi connectivity index (χ4n) is 2.02. The minimum absolute atomic E-state index is 0.186. The van der Waals surface area contributed by atoms with E-state index in [1.165, 1.54) is 25.6 Å². The van der Waals surface area contributed by atoms with Crippen molar-refractivity contribution in [1.29, 1.82) is 0 Å². The van der Waals surface area contributed by atoms with E-state index in [2.05, 4.69) is 32.3 Å². The van der Waals surface area contributed by atoms with E-state index >= 15 is 0 Å². The molecule has 2 nitrogen and oxygen atoms in total. The van der Waals surface area contributed by atoms with E-state index in [9.17, 15) is 0 Å². The Balaban J connectivity index is 2.39. The van der Waals surface area contributed by atoms with Gasteiger partial charge < -0.3 is 8.99 Å². The highest BCUT2D eigenvalue weighted by molar-refractivity contribution is 7.08. The van der Waals surface area contributed by atoms with Crippen LogP contribution in [-0.2, 0) is 4.43 Å². The molecule has 0 aromatic rings. The Hall–Kier alpha value is 0.354. The zero-order valence-electron chi connectivity index (χ0n) is 9.47. The third-order valence-electron chi connectivity index (χ3n) is 3.07. The van der Waals surface area contributed by atoms with Gasteiger partial charge in [0.05, 0.1) is 0 Å². The maximum absolute atomic E-state index is 6.02. The molecular weight excluding hydrogens is 194 g/mol. The Labute approximate surface area is 86.1 Å². The molecule has 1 unspecified atom stereocenters. The molecule has 0 bridgehead atoms. The number of rotatable bonds is 3. The largest absolute Gasteiger partial charge is 0.421 e. The van der Waals surface area contributed by atoms with Gasteiger partial charge in [-0.25, -0.2) is 0 Å². The number of nitrogens with zero attached hydrogens (tertiary/aromatic N) is 1. The van der Waals surface area contributed by atoms with Gasteiger partial charge in [0.2, 0.25) is 0 Å². The van der Waals surface area contributed by atoms with E-state index in [0.717, 1.165) is 0 Å². The summed E-state index contributed by atoms with van der Waals surface area (Å²) in [6, 6.07) is 1.49. The molecule has 1 atom stereocenters. The van der Waals surface area contributed by atoms with Crippen molar-refractivity contribution >= 4 is 17.8 Å². The molecular formula is C9H23NOSi2. The molecule has 0 saturated carbocycles. The Morgan fingerprint density at radius 3 is 2.38 bits per heavy atom. The predicted octanol–water partition coefficient (Wildman–Crippen LogP) is 0.831. The molecule has 1 fully saturated rings. The molecule has 0 radical (unpaired) electrons. The standard InChI is InChI=1S/C9H23NOSi2/c1-5-10(6-2)13-8-7-9(3,4)11-12-13/h13H,5-8,12H2,1-4H3. The summed E-state index contributed by atoms with van der Waals surface area (Å²) in [6.45, 7) is 11.5. The first kappa shape index (κ1) is 11.4. The van der Waals surface area contributed by atoms with Crippen molar-refractivity contribution in [1.82, 2.24) is 4.57 Å². The van der Waals surface area contributed by atoms with Crippen LogP contribution in [0.1, 0.15) is 34.1 Å². The summed E-state index contributed by atoms with van der Waals surface area (Å²) in [5.41, 5.74) is 0.211. The summed E-state index contributed by atoms with van der Waals surface area (Å²) in [5.74, 6) is 0. The smallest absolute Gasteiger partial charge is 0.165 e. The molecule has 0 amide bonds. The first-order valence-electron chi connectivity index (χ1n) is 5.47. The van der Waals surface area contributed by atoms with E-state index in [0.29, 0.717) is 0 Å². The molecule has 1 heterocycles. The fraction of sp³-hybridized carbons (Fsp3) is 1.00. The average Bonchev–Trinajstić information content (AvgIpc) is 2.09. The van der Waals surface area contributed by atoms with Gasteiger partial charge in [0.15, 0.2) is 9.28 Å². The molecule has 0 aliphatic carbocycles. The van der Waals surface area contributed by atoms with Gasteiger partial charge >= 0.3 is 0 Å². The SMILES string of the molecule is CCN(CC)[SiH]1CCC(C)(C)O[SiH2]1. The van der Waals surface area contributed by atoms with Gasteiger partial charge in [-0.2, -0.15) is 0 Å². The van der Waals surface area contributed by atoms with Crippen LogP contribution in [0.25, 0.3) is 0 Å². The van der Waals surface area contributed by atoms with Crippen molar-refractivity contribution < 1.29 is 4.43 Å². The second-order valence-corrected chi connectivity index (χ2v) is 11.5. The lowest BCUT2D eigenvalue weighted by atomic mass is 10.1. The van der Waals surface area contributed by atoms with E-state index in [1.807, 2.05) is 0 Å². The second kappa shape index (κ2) is 4.73. The molecule has 0 spiro atoms. The van der Waals surface area contributed by atoms with Crippen LogP contribution >= 0.6 is 0 Å². The highest BCUT2D eigenvalue weighted by Crippen LogP contribution is 2.23. The van der Waals surface area contributed by atoms with Gasteiger partial charge in [-0.15, -0.1) is 0 Å². The van der Waals surface area contributed by atoms with Crippen molar-refractivity contribution in [2.24, 2.45) is 0 Å². The Kier molecular flexibility index (Phi) is 4.16. The van der Waals surface area contributed by atoms with Crippen LogP contribution in [-0.4, -0.2) is 41.0 Å². The third-order valence-corrected chi connectivity index (χ3v) is 11.6. The molecule has 0 aromatic heterocycles. The topological polar surface area (TPSA) is 12.5 Å². The minimum atomic E-state index is -0.573. The maximum atomic E-state index is 6.02. The Bertz CT molecular complexity index is 150. The van der Waals surface area contributed by atoms with Crippen LogP contribution in [0, 0.1) is 0 Å². The minimum Gasteiger partial charge on any atom is -0.421 e. The Morgan fingerprint density at radius 2 is 2.00 bits per heavy atom. The quantitative estimate of drug-likeness (QED) is 0.650. The molecule has 1 aliphatic rings. The van der Waals surface area contributed by atoms with Crippen LogP contribution in [0.15, 0.2) is 0 Å². The number of hydrogen-bond acceptors (Lipinski definition) is 2. The van der Waals surface area contributed by atoms with Gasteiger partial charge in [0, 0.05) is 5.60 Å².